The first-order valence-corrected chi connectivity index (χ1v) is 10.6. The van der Waals surface area contributed by atoms with Crippen molar-refractivity contribution in [1.29, 1.82) is 0 Å². The van der Waals surface area contributed by atoms with E-state index in [4.69, 9.17) is 9.15 Å². The van der Waals surface area contributed by atoms with Gasteiger partial charge in [-0.1, -0.05) is 24.3 Å². The summed E-state index contributed by atoms with van der Waals surface area (Å²) in [5.74, 6) is 0.393. The van der Waals surface area contributed by atoms with Crippen LogP contribution in [0.3, 0.4) is 0 Å². The molecule has 0 aliphatic carbocycles. The number of amides is 2. The fourth-order valence-electron chi connectivity index (χ4n) is 2.65. The van der Waals surface area contributed by atoms with E-state index in [1.54, 1.807) is 19.4 Å². The lowest BCUT2D eigenvalue weighted by molar-refractivity contribution is -0.121. The summed E-state index contributed by atoms with van der Waals surface area (Å²) in [5, 5.41) is 2.85. The Bertz CT molecular complexity index is 955. The van der Waals surface area contributed by atoms with Crippen LogP contribution in [-0.2, 0) is 29.3 Å². The molecule has 0 unspecified atom stereocenters. The van der Waals surface area contributed by atoms with Crippen molar-refractivity contribution in [2.75, 3.05) is 13.6 Å². The minimum atomic E-state index is -0.212. The first-order chi connectivity index (χ1) is 14.0. The summed E-state index contributed by atoms with van der Waals surface area (Å²) in [6, 6.07) is 15.1. The van der Waals surface area contributed by atoms with Crippen LogP contribution in [0.5, 0.6) is 0 Å². The van der Waals surface area contributed by atoms with Gasteiger partial charge in [-0.25, -0.2) is 0 Å². The molecule has 3 aromatic rings. The number of nitrogens with zero attached hydrogens (tertiary/aromatic N) is 1. The predicted octanol–water partition coefficient (Wildman–Crippen LogP) is 4.21. The van der Waals surface area contributed by atoms with Crippen molar-refractivity contribution >= 4 is 39.1 Å². The second-order valence-corrected chi connectivity index (χ2v) is 8.90. The molecule has 2 aromatic heterocycles. The highest BCUT2D eigenvalue weighted by Gasteiger charge is 2.16. The molecule has 0 saturated heterocycles. The molecule has 1 aromatic carbocycles. The van der Waals surface area contributed by atoms with Gasteiger partial charge in [0, 0.05) is 13.6 Å². The molecule has 0 radical (unpaired) electrons. The molecule has 1 N–H and O–H groups in total. The van der Waals surface area contributed by atoms with E-state index in [1.165, 1.54) is 16.2 Å². The van der Waals surface area contributed by atoms with Gasteiger partial charge in [-0.2, -0.15) is 0 Å². The van der Waals surface area contributed by atoms with Crippen LogP contribution in [0.25, 0.3) is 0 Å². The maximum atomic E-state index is 12.3. The molecule has 0 spiro atoms. The van der Waals surface area contributed by atoms with Crippen LogP contribution in [0.4, 0.5) is 0 Å². The lowest BCUT2D eigenvalue weighted by Crippen LogP contribution is -2.37. The Morgan fingerprint density at radius 3 is 2.69 bits per heavy atom. The van der Waals surface area contributed by atoms with E-state index >= 15 is 0 Å². The summed E-state index contributed by atoms with van der Waals surface area (Å²) in [6.45, 7) is 1.25. The zero-order chi connectivity index (χ0) is 20.6. The molecule has 29 heavy (non-hydrogen) atoms. The molecule has 0 saturated carbocycles. The third-order valence-electron chi connectivity index (χ3n) is 4.09. The second kappa shape index (κ2) is 10.4. The van der Waals surface area contributed by atoms with Gasteiger partial charge in [0.15, 0.2) is 0 Å². The molecule has 8 heteroatoms. The molecule has 2 heterocycles. The number of carbonyl (C=O) groups is 2. The van der Waals surface area contributed by atoms with E-state index < -0.39 is 0 Å². The lowest BCUT2D eigenvalue weighted by Gasteiger charge is -2.16. The smallest absolute Gasteiger partial charge is 0.264 e. The Hall–Kier alpha value is -2.42. The van der Waals surface area contributed by atoms with Gasteiger partial charge in [-0.3, -0.25) is 9.59 Å². The van der Waals surface area contributed by atoms with Crippen LogP contribution in [0.1, 0.15) is 26.6 Å². The van der Waals surface area contributed by atoms with Crippen molar-refractivity contribution in [2.45, 2.75) is 19.8 Å². The van der Waals surface area contributed by atoms with Gasteiger partial charge in [0.2, 0.25) is 5.91 Å². The number of hydrogen-bond donors (Lipinski definition) is 1. The van der Waals surface area contributed by atoms with Crippen LogP contribution in [0, 0.1) is 0 Å². The summed E-state index contributed by atoms with van der Waals surface area (Å²) in [6.07, 6.45) is 1.62. The van der Waals surface area contributed by atoms with E-state index in [2.05, 4.69) is 21.2 Å². The number of ether oxygens (including phenoxy) is 1. The number of hydrogen-bond acceptors (Lipinski definition) is 5. The summed E-state index contributed by atoms with van der Waals surface area (Å²) >= 11 is 4.68. The fraction of sp³-hybridized carbons (Fsp3) is 0.238. The monoisotopic (exact) mass is 476 g/mol. The highest BCUT2D eigenvalue weighted by atomic mass is 79.9. The third-order valence-corrected chi connectivity index (χ3v) is 5.70. The quantitative estimate of drug-likeness (QED) is 0.501. The highest BCUT2D eigenvalue weighted by molar-refractivity contribution is 9.11. The summed E-state index contributed by atoms with van der Waals surface area (Å²) < 4.78 is 11.8. The van der Waals surface area contributed by atoms with Gasteiger partial charge in [-0.15, -0.1) is 11.3 Å². The largest absolute Gasteiger partial charge is 0.467 e. The van der Waals surface area contributed by atoms with E-state index in [0.29, 0.717) is 24.6 Å². The normalized spacial score (nSPS) is 10.7. The predicted molar refractivity (Wildman–Crippen MR) is 114 cm³/mol. The van der Waals surface area contributed by atoms with E-state index in [0.717, 1.165) is 20.7 Å². The van der Waals surface area contributed by atoms with E-state index in [9.17, 15) is 9.59 Å². The van der Waals surface area contributed by atoms with Gasteiger partial charge in [-0.05, 0) is 51.3 Å². The van der Waals surface area contributed by atoms with Crippen molar-refractivity contribution < 1.29 is 18.7 Å². The van der Waals surface area contributed by atoms with Gasteiger partial charge >= 0.3 is 0 Å². The third kappa shape index (κ3) is 6.56. The number of carbonyl (C=O) groups excluding carboxylic acids is 2. The van der Waals surface area contributed by atoms with Crippen LogP contribution < -0.4 is 5.32 Å². The molecule has 0 aliphatic rings. The van der Waals surface area contributed by atoms with Crippen molar-refractivity contribution in [2.24, 2.45) is 0 Å². The Kier molecular flexibility index (Phi) is 7.62. The minimum Gasteiger partial charge on any atom is -0.467 e. The standard InChI is InChI=1S/C21H21BrN2O4S/c1-24(21(26)18-7-8-19(22)29-18)12-20(25)23-11-15-4-2-5-16(10-15)13-27-14-17-6-3-9-28-17/h2-10H,11-14H2,1H3,(H,23,25). The Morgan fingerprint density at radius 2 is 1.97 bits per heavy atom. The molecule has 0 atom stereocenters. The number of likely N-dealkylation sites (N-methyl/N-ethyl adjacent to an activating group) is 1. The zero-order valence-corrected chi connectivity index (χ0v) is 18.3. The molecule has 0 aliphatic heterocycles. The topological polar surface area (TPSA) is 71.8 Å². The minimum absolute atomic E-state index is 0.000299. The molecule has 0 fully saturated rings. The molecular weight excluding hydrogens is 456 g/mol. The SMILES string of the molecule is CN(CC(=O)NCc1cccc(COCc2ccco2)c1)C(=O)c1ccc(Br)s1. The summed E-state index contributed by atoms with van der Waals surface area (Å²) in [4.78, 5) is 26.5. The highest BCUT2D eigenvalue weighted by Crippen LogP contribution is 2.22. The Balaban J connectivity index is 1.44. The average molecular weight is 477 g/mol. The summed E-state index contributed by atoms with van der Waals surface area (Å²) in [5.41, 5.74) is 1.98. The maximum absolute atomic E-state index is 12.3. The molecule has 6 nitrogen and oxygen atoms in total. The van der Waals surface area contributed by atoms with Gasteiger partial charge in [0.05, 0.1) is 28.1 Å². The van der Waals surface area contributed by atoms with Gasteiger partial charge < -0.3 is 19.4 Å². The number of rotatable bonds is 9. The maximum Gasteiger partial charge on any atom is 0.264 e. The van der Waals surface area contributed by atoms with Crippen molar-refractivity contribution in [3.05, 3.63) is 80.3 Å². The van der Waals surface area contributed by atoms with Gasteiger partial charge in [0.1, 0.15) is 12.4 Å². The first kappa shape index (κ1) is 21.3. The molecule has 3 rings (SSSR count). The number of halogens is 1. The Labute approximate surface area is 181 Å². The van der Waals surface area contributed by atoms with Crippen LogP contribution >= 0.6 is 27.3 Å². The van der Waals surface area contributed by atoms with E-state index in [-0.39, 0.29) is 18.4 Å². The molecule has 152 valence electrons. The van der Waals surface area contributed by atoms with Crippen molar-refractivity contribution in [1.82, 2.24) is 10.2 Å². The van der Waals surface area contributed by atoms with Crippen molar-refractivity contribution in [3.8, 4) is 0 Å². The number of nitrogens with one attached hydrogen (secondary N) is 1. The zero-order valence-electron chi connectivity index (χ0n) is 15.9. The lowest BCUT2D eigenvalue weighted by atomic mass is 10.1. The number of thiophene rings is 1. The fourth-order valence-corrected chi connectivity index (χ4v) is 4.04. The second-order valence-electron chi connectivity index (χ2n) is 6.43. The Morgan fingerprint density at radius 1 is 1.14 bits per heavy atom. The average Bonchev–Trinajstić information content (AvgIpc) is 3.38. The molecule has 0 bridgehead atoms. The number of furan rings is 1. The van der Waals surface area contributed by atoms with E-state index in [1.807, 2.05) is 42.5 Å². The summed E-state index contributed by atoms with van der Waals surface area (Å²) in [7, 11) is 1.62. The number of benzene rings is 1. The van der Waals surface area contributed by atoms with Crippen LogP contribution in [0.15, 0.2) is 63.0 Å². The first-order valence-electron chi connectivity index (χ1n) is 8.96. The molecule has 2 amide bonds. The van der Waals surface area contributed by atoms with Crippen molar-refractivity contribution in [3.63, 3.8) is 0 Å². The molecular formula is C21H21BrN2O4S. The van der Waals surface area contributed by atoms with Gasteiger partial charge in [0.25, 0.3) is 5.91 Å². The van der Waals surface area contributed by atoms with Crippen LogP contribution in [-0.4, -0.2) is 30.3 Å². The van der Waals surface area contributed by atoms with Crippen LogP contribution in [0.2, 0.25) is 0 Å².